The number of nitrogens with one attached hydrogen (secondary N) is 1. The highest BCUT2D eigenvalue weighted by Gasteiger charge is 2.24. The number of rotatable bonds is 2. The largest absolute Gasteiger partial charge is 0.316 e. The van der Waals surface area contributed by atoms with E-state index in [1.54, 1.807) is 6.07 Å². The molecule has 0 fully saturated rings. The van der Waals surface area contributed by atoms with Crippen molar-refractivity contribution < 1.29 is 8.42 Å². The average Bonchev–Trinajstić information content (AvgIpc) is 2.38. The van der Waals surface area contributed by atoms with Gasteiger partial charge in [0.05, 0.1) is 4.90 Å². The Kier molecular flexibility index (Phi) is 2.40. The molecule has 0 radical (unpaired) electrons. The summed E-state index contributed by atoms with van der Waals surface area (Å²) in [4.78, 5) is 0.430. The zero-order valence-corrected chi connectivity index (χ0v) is 9.56. The molecule has 1 aromatic rings. The van der Waals surface area contributed by atoms with Gasteiger partial charge in [-0.25, -0.2) is 8.42 Å². The van der Waals surface area contributed by atoms with Crippen molar-refractivity contribution in [2.45, 2.75) is 18.4 Å². The molecule has 0 aromatic heterocycles. The van der Waals surface area contributed by atoms with Crippen molar-refractivity contribution >= 4 is 15.4 Å². The Morgan fingerprint density at radius 2 is 2.07 bits per heavy atom. The van der Waals surface area contributed by atoms with E-state index in [1.807, 2.05) is 26.1 Å². The Balaban J connectivity index is 2.57. The second kappa shape index (κ2) is 3.47. The highest BCUT2D eigenvalue weighted by atomic mass is 32.2. The Morgan fingerprint density at radius 3 is 2.73 bits per heavy atom. The summed E-state index contributed by atoms with van der Waals surface area (Å²) >= 11 is 0. The first-order valence-corrected chi connectivity index (χ1v) is 6.30. The fraction of sp³-hybridized carbons (Fsp3) is 0.273. The van der Waals surface area contributed by atoms with Crippen molar-refractivity contribution in [1.82, 2.24) is 5.32 Å². The summed E-state index contributed by atoms with van der Waals surface area (Å²) in [5.41, 5.74) is 2.76. The molecule has 15 heavy (non-hydrogen) atoms. The normalized spacial score (nSPS) is 17.3. The van der Waals surface area contributed by atoms with Gasteiger partial charge in [-0.15, -0.1) is 0 Å². The Labute approximate surface area is 89.7 Å². The fourth-order valence-electron chi connectivity index (χ4n) is 1.81. The number of hydrogen-bond acceptors (Lipinski definition) is 3. The van der Waals surface area contributed by atoms with E-state index in [2.05, 4.69) is 5.32 Å². The maximum atomic E-state index is 11.6. The molecule has 1 aromatic carbocycles. The Hall–Kier alpha value is -1.13. The Morgan fingerprint density at radius 1 is 1.33 bits per heavy atom. The van der Waals surface area contributed by atoms with Crippen molar-refractivity contribution in [1.29, 1.82) is 0 Å². The molecule has 1 aliphatic heterocycles. The molecule has 1 heterocycles. The van der Waals surface area contributed by atoms with Crippen molar-refractivity contribution in [2.24, 2.45) is 0 Å². The number of allylic oxidation sites excluding steroid dienone is 1. The molecule has 0 bridgehead atoms. The van der Waals surface area contributed by atoms with Crippen molar-refractivity contribution in [2.75, 3.05) is 7.05 Å². The number of benzene rings is 1. The molecular weight excluding hydrogens is 210 g/mol. The molecule has 4 heteroatoms. The van der Waals surface area contributed by atoms with Crippen LogP contribution >= 0.6 is 0 Å². The smallest absolute Gasteiger partial charge is 0.200 e. The molecule has 80 valence electrons. The van der Waals surface area contributed by atoms with E-state index in [9.17, 15) is 8.42 Å². The van der Waals surface area contributed by atoms with E-state index in [1.165, 1.54) is 5.41 Å². The average molecular weight is 223 g/mol. The van der Waals surface area contributed by atoms with E-state index >= 15 is 0 Å². The maximum absolute atomic E-state index is 11.6. The summed E-state index contributed by atoms with van der Waals surface area (Å²) in [5, 5.41) is 4.38. The van der Waals surface area contributed by atoms with E-state index in [0.29, 0.717) is 4.90 Å². The van der Waals surface area contributed by atoms with Gasteiger partial charge >= 0.3 is 0 Å². The molecule has 3 nitrogen and oxygen atoms in total. The minimum absolute atomic E-state index is 0.430. The number of sulfone groups is 1. The lowest BCUT2D eigenvalue weighted by atomic mass is 10.1. The molecule has 0 saturated carbocycles. The van der Waals surface area contributed by atoms with Crippen LogP contribution in [0.1, 0.15) is 18.1 Å². The second-order valence-electron chi connectivity index (χ2n) is 3.71. The van der Waals surface area contributed by atoms with E-state index in [0.717, 1.165) is 23.2 Å². The van der Waals surface area contributed by atoms with Crippen LogP contribution in [0.15, 0.2) is 28.5 Å². The predicted molar refractivity (Wildman–Crippen MR) is 60.0 cm³/mol. The van der Waals surface area contributed by atoms with Crippen LogP contribution in [-0.4, -0.2) is 15.5 Å². The van der Waals surface area contributed by atoms with Gasteiger partial charge in [-0.2, -0.15) is 0 Å². The van der Waals surface area contributed by atoms with Crippen molar-refractivity contribution in [3.8, 4) is 0 Å². The molecule has 1 N–H and O–H groups in total. The van der Waals surface area contributed by atoms with Crippen LogP contribution in [0.25, 0.3) is 5.57 Å². The van der Waals surface area contributed by atoms with Gasteiger partial charge in [0.25, 0.3) is 0 Å². The number of fused-ring (bicyclic) bond motifs is 1. The highest BCUT2D eigenvalue weighted by molar-refractivity contribution is 7.95. The maximum Gasteiger partial charge on any atom is 0.200 e. The molecular formula is C11H13NO2S. The van der Waals surface area contributed by atoms with Crippen LogP contribution in [0.5, 0.6) is 0 Å². The van der Waals surface area contributed by atoms with Crippen LogP contribution in [0.3, 0.4) is 0 Å². The summed E-state index contributed by atoms with van der Waals surface area (Å²) in [6, 6.07) is 5.46. The lowest BCUT2D eigenvalue weighted by Gasteiger charge is -2.04. The van der Waals surface area contributed by atoms with E-state index in [4.69, 9.17) is 0 Å². The van der Waals surface area contributed by atoms with Gasteiger partial charge in [-0.3, -0.25) is 0 Å². The minimum atomic E-state index is -3.17. The molecule has 1 aliphatic rings. The first-order valence-electron chi connectivity index (χ1n) is 4.76. The van der Waals surface area contributed by atoms with E-state index < -0.39 is 9.84 Å². The third-order valence-electron chi connectivity index (χ3n) is 2.49. The standard InChI is InChI=1S/C11H13NO2S/c1-8-7-15(13,14)11-4-3-9(6-12-2)5-10(8)11/h3-5,7,12H,6H2,1-2H3. The van der Waals surface area contributed by atoms with Gasteiger partial charge in [-0.1, -0.05) is 6.07 Å². The topological polar surface area (TPSA) is 46.2 Å². The first kappa shape index (κ1) is 10.4. The minimum Gasteiger partial charge on any atom is -0.316 e. The molecule has 2 rings (SSSR count). The second-order valence-corrected chi connectivity index (χ2v) is 5.47. The summed E-state index contributed by atoms with van der Waals surface area (Å²) in [7, 11) is -1.30. The lowest BCUT2D eigenvalue weighted by Crippen LogP contribution is -2.05. The zero-order valence-electron chi connectivity index (χ0n) is 8.74. The zero-order chi connectivity index (χ0) is 11.1. The summed E-state index contributed by atoms with van der Waals surface area (Å²) in [6.07, 6.45) is 0. The molecule has 0 aliphatic carbocycles. The Bertz CT molecular complexity index is 530. The molecule has 0 amide bonds. The summed E-state index contributed by atoms with van der Waals surface area (Å²) in [6.45, 7) is 2.58. The predicted octanol–water partition coefficient (Wildman–Crippen LogP) is 1.55. The monoisotopic (exact) mass is 223 g/mol. The van der Waals surface area contributed by atoms with Crippen LogP contribution in [0.4, 0.5) is 0 Å². The SMILES string of the molecule is CNCc1ccc2c(c1)C(C)=CS2(=O)=O. The third kappa shape index (κ3) is 1.70. The van der Waals surface area contributed by atoms with Gasteiger partial charge in [0, 0.05) is 12.0 Å². The van der Waals surface area contributed by atoms with Gasteiger partial charge < -0.3 is 5.32 Å². The summed E-state index contributed by atoms with van der Waals surface area (Å²) < 4.78 is 23.3. The van der Waals surface area contributed by atoms with Crippen molar-refractivity contribution in [3.63, 3.8) is 0 Å². The van der Waals surface area contributed by atoms with Gasteiger partial charge in [-0.05, 0) is 42.8 Å². The van der Waals surface area contributed by atoms with Crippen LogP contribution in [-0.2, 0) is 16.4 Å². The van der Waals surface area contributed by atoms with Gasteiger partial charge in [0.15, 0.2) is 0 Å². The highest BCUT2D eigenvalue weighted by Crippen LogP contribution is 2.33. The number of hydrogen-bond donors (Lipinski definition) is 1. The molecule has 0 unspecified atom stereocenters. The van der Waals surface area contributed by atoms with E-state index in [-0.39, 0.29) is 0 Å². The van der Waals surface area contributed by atoms with Crippen LogP contribution in [0.2, 0.25) is 0 Å². The third-order valence-corrected chi connectivity index (χ3v) is 4.12. The van der Waals surface area contributed by atoms with Crippen LogP contribution in [0, 0.1) is 0 Å². The summed E-state index contributed by atoms with van der Waals surface area (Å²) in [5.74, 6) is 0. The fourth-order valence-corrected chi connectivity index (χ4v) is 3.31. The van der Waals surface area contributed by atoms with Gasteiger partial charge in [0.2, 0.25) is 9.84 Å². The molecule has 0 spiro atoms. The van der Waals surface area contributed by atoms with Crippen LogP contribution < -0.4 is 5.32 Å². The lowest BCUT2D eigenvalue weighted by molar-refractivity contribution is 0.605. The van der Waals surface area contributed by atoms with Crippen molar-refractivity contribution in [3.05, 3.63) is 34.7 Å². The van der Waals surface area contributed by atoms with Gasteiger partial charge in [0.1, 0.15) is 0 Å². The molecule has 0 atom stereocenters. The molecule has 0 saturated heterocycles. The quantitative estimate of drug-likeness (QED) is 0.827. The first-order chi connectivity index (χ1) is 7.04.